The van der Waals surface area contributed by atoms with Gasteiger partial charge >= 0.3 is 0 Å². The predicted octanol–water partition coefficient (Wildman–Crippen LogP) is 0.922. The largest absolute Gasteiger partial charge is 0.386 e. The van der Waals surface area contributed by atoms with Gasteiger partial charge in [-0.05, 0) is 12.0 Å². The maximum Gasteiger partial charge on any atom is 0.240 e. The molecule has 2 rings (SSSR count). The smallest absolute Gasteiger partial charge is 0.240 e. The Morgan fingerprint density at radius 2 is 1.96 bits per heavy atom. The number of benzene rings is 1. The molecule has 0 fully saturated rings. The van der Waals surface area contributed by atoms with Gasteiger partial charge in [-0.2, -0.15) is 0 Å². The van der Waals surface area contributed by atoms with Crippen LogP contribution >= 0.6 is 0 Å². The fraction of sp³-hybridized carbons (Fsp3) is 0.500. The summed E-state index contributed by atoms with van der Waals surface area (Å²) in [6, 6.07) is 7.73. The van der Waals surface area contributed by atoms with E-state index in [4.69, 9.17) is 0 Å². The van der Waals surface area contributed by atoms with Crippen molar-refractivity contribution in [2.75, 3.05) is 20.6 Å². The zero-order chi connectivity index (χ0) is 19.3. The number of hydrogen-bond donors (Lipinski definition) is 3. The highest BCUT2D eigenvalue weighted by molar-refractivity contribution is 7.80. The van der Waals surface area contributed by atoms with Crippen LogP contribution in [-0.4, -0.2) is 67.8 Å². The molecule has 7 nitrogen and oxygen atoms in total. The fourth-order valence-corrected chi connectivity index (χ4v) is 3.86. The second-order valence-corrected chi connectivity index (χ2v) is 7.53. The van der Waals surface area contributed by atoms with Crippen molar-refractivity contribution in [3.05, 3.63) is 48.0 Å². The third-order valence-electron chi connectivity index (χ3n) is 4.38. The number of rotatable bonds is 7. The fourth-order valence-electron chi connectivity index (χ4n) is 3.17. The van der Waals surface area contributed by atoms with E-state index in [0.717, 1.165) is 6.42 Å². The van der Waals surface area contributed by atoms with E-state index in [0.29, 0.717) is 12.1 Å². The van der Waals surface area contributed by atoms with Gasteiger partial charge in [0.05, 0.1) is 12.1 Å². The van der Waals surface area contributed by atoms with E-state index in [-0.39, 0.29) is 5.91 Å². The van der Waals surface area contributed by atoms with Crippen LogP contribution in [0.1, 0.15) is 25.0 Å². The number of carbonyl (C=O) groups excluding carboxylic acids is 1. The number of aliphatic hydroxyl groups is 1. The first-order chi connectivity index (χ1) is 12.4. The number of carbonyl (C=O) groups is 1. The van der Waals surface area contributed by atoms with Crippen LogP contribution in [0.3, 0.4) is 0 Å². The van der Waals surface area contributed by atoms with Crippen LogP contribution in [0.2, 0.25) is 0 Å². The molecule has 1 aromatic rings. The molecule has 0 saturated heterocycles. The van der Waals surface area contributed by atoms with E-state index in [1.165, 1.54) is 0 Å². The molecule has 1 amide bonds. The van der Waals surface area contributed by atoms with Crippen LogP contribution in [0.4, 0.5) is 0 Å². The topological polar surface area (TPSA) is 93.1 Å². The van der Waals surface area contributed by atoms with Crippen LogP contribution in [-0.2, 0) is 15.9 Å². The Morgan fingerprint density at radius 3 is 2.50 bits per heavy atom. The van der Waals surface area contributed by atoms with Crippen molar-refractivity contribution in [2.45, 2.75) is 36.8 Å². The van der Waals surface area contributed by atoms with Crippen LogP contribution in [0.5, 0.6) is 0 Å². The number of aliphatic hydroxyl groups excluding tert-OH is 1. The zero-order valence-corrected chi connectivity index (χ0v) is 16.1. The number of nitrogens with one attached hydrogen (secondary N) is 1. The summed E-state index contributed by atoms with van der Waals surface area (Å²) in [5.41, 5.74) is 0.713. The Hall–Kier alpha value is -1.58. The quantitative estimate of drug-likeness (QED) is 0.480. The number of hydrazine groups is 1. The number of nitrogens with zero attached hydrogens (tertiary/aromatic N) is 2. The van der Waals surface area contributed by atoms with Gasteiger partial charge in [0.15, 0.2) is 11.1 Å². The zero-order valence-electron chi connectivity index (χ0n) is 15.3. The summed E-state index contributed by atoms with van der Waals surface area (Å²) < 4.78 is 21.5. The summed E-state index contributed by atoms with van der Waals surface area (Å²) in [6.45, 7) is 2.42. The summed E-state index contributed by atoms with van der Waals surface area (Å²) in [5, 5.41) is 16.2. The summed E-state index contributed by atoms with van der Waals surface area (Å²) in [7, 11) is 3.50. The molecule has 0 aromatic heterocycles. The standard InChI is InChI=1S/C18H27N3O4S/c1-4-12-19-18(23)16-15(26(24)25)11-10-14(21(16)20(2)3)17(22)13-8-6-5-7-9-13/h5-11,14-17,22H,4,12H2,1-3H3,(H,19,23)(H,24,25)/t14-,15-,16-,17-/m0/s1. The van der Waals surface area contributed by atoms with Crippen molar-refractivity contribution >= 4 is 17.0 Å². The summed E-state index contributed by atoms with van der Waals surface area (Å²) in [4.78, 5) is 12.8. The van der Waals surface area contributed by atoms with Crippen molar-refractivity contribution < 1.29 is 18.7 Å². The Kier molecular flexibility index (Phi) is 7.48. The van der Waals surface area contributed by atoms with Crippen LogP contribution < -0.4 is 5.32 Å². The predicted molar refractivity (Wildman–Crippen MR) is 102 cm³/mol. The lowest BCUT2D eigenvalue weighted by Crippen LogP contribution is -2.64. The van der Waals surface area contributed by atoms with Gasteiger partial charge in [0.2, 0.25) is 5.91 Å². The first-order valence-electron chi connectivity index (χ1n) is 8.62. The first kappa shape index (κ1) is 20.7. The van der Waals surface area contributed by atoms with E-state index in [9.17, 15) is 18.7 Å². The van der Waals surface area contributed by atoms with Crippen molar-refractivity contribution in [3.8, 4) is 0 Å². The van der Waals surface area contributed by atoms with Gasteiger partial charge in [-0.25, -0.2) is 14.2 Å². The minimum atomic E-state index is -2.22. The minimum Gasteiger partial charge on any atom is -0.386 e. The van der Waals surface area contributed by atoms with Crippen LogP contribution in [0.15, 0.2) is 42.5 Å². The van der Waals surface area contributed by atoms with E-state index in [2.05, 4.69) is 5.32 Å². The minimum absolute atomic E-state index is 0.331. The Morgan fingerprint density at radius 1 is 1.31 bits per heavy atom. The lowest BCUT2D eigenvalue weighted by molar-refractivity contribution is -0.141. The molecule has 1 heterocycles. The molecule has 1 aromatic carbocycles. The molecule has 0 radical (unpaired) electrons. The van der Waals surface area contributed by atoms with Crippen molar-refractivity contribution in [1.82, 2.24) is 15.3 Å². The Balaban J connectivity index is 2.41. The third kappa shape index (κ3) is 4.57. The van der Waals surface area contributed by atoms with E-state index in [1.54, 1.807) is 36.3 Å². The highest BCUT2D eigenvalue weighted by Gasteiger charge is 2.44. The van der Waals surface area contributed by atoms with Gasteiger partial charge in [-0.15, -0.1) is 0 Å². The number of amides is 1. The molecule has 1 aliphatic heterocycles. The van der Waals surface area contributed by atoms with Crippen LogP contribution in [0, 0.1) is 0 Å². The Bertz CT molecular complexity index is 653. The van der Waals surface area contributed by atoms with Crippen molar-refractivity contribution in [3.63, 3.8) is 0 Å². The molecule has 0 spiro atoms. The van der Waals surface area contributed by atoms with Gasteiger partial charge in [0.1, 0.15) is 11.3 Å². The second-order valence-electron chi connectivity index (χ2n) is 6.43. The van der Waals surface area contributed by atoms with Crippen molar-refractivity contribution in [2.24, 2.45) is 0 Å². The molecule has 5 atom stereocenters. The monoisotopic (exact) mass is 381 g/mol. The molecule has 0 bridgehead atoms. The SMILES string of the molecule is CCCNC(=O)[C@@H]1[C@@H](S(=O)O)C=C[C@@H]([C@@H](O)c2ccccc2)N1N(C)C. The normalized spacial score (nSPS) is 25.8. The van der Waals surface area contributed by atoms with Gasteiger partial charge in [-0.3, -0.25) is 4.79 Å². The van der Waals surface area contributed by atoms with Gasteiger partial charge in [0, 0.05) is 20.6 Å². The highest BCUT2D eigenvalue weighted by Crippen LogP contribution is 2.30. The highest BCUT2D eigenvalue weighted by atomic mass is 32.2. The third-order valence-corrected chi connectivity index (χ3v) is 5.26. The van der Waals surface area contributed by atoms with Crippen LogP contribution in [0.25, 0.3) is 0 Å². The first-order valence-corrected chi connectivity index (χ1v) is 9.79. The molecule has 1 aliphatic rings. The molecular formula is C18H27N3O4S. The Labute approximate surface area is 156 Å². The molecule has 144 valence electrons. The molecule has 0 aliphatic carbocycles. The second kappa shape index (κ2) is 9.38. The maximum absolute atomic E-state index is 12.8. The average molecular weight is 381 g/mol. The molecule has 3 N–H and O–H groups in total. The van der Waals surface area contributed by atoms with Gasteiger partial charge in [-0.1, -0.05) is 49.4 Å². The molecule has 26 heavy (non-hydrogen) atoms. The van der Waals surface area contributed by atoms with E-state index in [1.807, 2.05) is 37.3 Å². The lowest BCUT2D eigenvalue weighted by Gasteiger charge is -2.45. The average Bonchev–Trinajstić information content (AvgIpc) is 2.64. The summed E-state index contributed by atoms with van der Waals surface area (Å²) in [5.74, 6) is -0.331. The molecule has 0 saturated carbocycles. The van der Waals surface area contributed by atoms with E-state index < -0.39 is 34.5 Å². The molecule has 1 unspecified atom stereocenters. The maximum atomic E-state index is 12.8. The van der Waals surface area contributed by atoms with Gasteiger partial charge in [0.25, 0.3) is 0 Å². The van der Waals surface area contributed by atoms with Crippen molar-refractivity contribution in [1.29, 1.82) is 0 Å². The molecule has 8 heteroatoms. The van der Waals surface area contributed by atoms with E-state index >= 15 is 0 Å². The van der Waals surface area contributed by atoms with Gasteiger partial charge < -0.3 is 15.0 Å². The summed E-state index contributed by atoms with van der Waals surface area (Å²) in [6.07, 6.45) is 3.13. The summed E-state index contributed by atoms with van der Waals surface area (Å²) >= 11 is -2.22. The number of hydrogen-bond acceptors (Lipinski definition) is 5. The lowest BCUT2D eigenvalue weighted by atomic mass is 9.95. The molecular weight excluding hydrogens is 354 g/mol.